The summed E-state index contributed by atoms with van der Waals surface area (Å²) in [6, 6.07) is 6.39. The van der Waals surface area contributed by atoms with Crippen molar-refractivity contribution < 1.29 is 0 Å². The van der Waals surface area contributed by atoms with Crippen molar-refractivity contribution in [1.82, 2.24) is 9.97 Å². The van der Waals surface area contributed by atoms with Gasteiger partial charge in [0.1, 0.15) is 5.82 Å². The summed E-state index contributed by atoms with van der Waals surface area (Å²) >= 11 is 6.53. The van der Waals surface area contributed by atoms with E-state index in [0.717, 1.165) is 46.7 Å². The lowest BCUT2D eigenvalue weighted by Gasteiger charge is -2.28. The minimum absolute atomic E-state index is 0.864. The molecule has 0 atom stereocenters. The fraction of sp³-hybridized carbons (Fsp3) is 0.643. The SMILES string of the molecule is CCCCCc1ccc(-c2cnc(CCC3CCC(CCCCC)CC3)nc2)cc1Cl. The quantitative estimate of drug-likeness (QED) is 0.308. The van der Waals surface area contributed by atoms with Gasteiger partial charge in [-0.2, -0.15) is 0 Å². The number of halogens is 1. The molecule has 1 heterocycles. The smallest absolute Gasteiger partial charge is 0.128 e. The van der Waals surface area contributed by atoms with Gasteiger partial charge in [0.25, 0.3) is 0 Å². The van der Waals surface area contributed by atoms with Crippen LogP contribution >= 0.6 is 11.6 Å². The number of rotatable bonds is 12. The summed E-state index contributed by atoms with van der Waals surface area (Å²) < 4.78 is 0. The molecule has 0 saturated heterocycles. The molecule has 0 N–H and O–H groups in total. The van der Waals surface area contributed by atoms with Crippen molar-refractivity contribution in [3.05, 3.63) is 47.0 Å². The summed E-state index contributed by atoms with van der Waals surface area (Å²) in [5.74, 6) is 2.84. The zero-order valence-corrected chi connectivity index (χ0v) is 20.5. The van der Waals surface area contributed by atoms with Crippen LogP contribution in [-0.4, -0.2) is 9.97 Å². The largest absolute Gasteiger partial charge is 0.241 e. The first-order chi connectivity index (χ1) is 15.2. The standard InChI is InChI=1S/C28H41ClN2/c1-3-5-7-9-22-11-13-23(14-12-22)15-18-28-30-20-26(21-31-28)25-17-16-24(27(29)19-25)10-8-6-4-2/h16-17,19-23H,3-15,18H2,1-2H3. The zero-order valence-electron chi connectivity index (χ0n) is 19.7. The summed E-state index contributed by atoms with van der Waals surface area (Å²) in [7, 11) is 0. The Labute approximate surface area is 195 Å². The monoisotopic (exact) mass is 440 g/mol. The molecule has 31 heavy (non-hydrogen) atoms. The van der Waals surface area contributed by atoms with Gasteiger partial charge in [0.2, 0.25) is 0 Å². The number of unbranched alkanes of at least 4 members (excludes halogenated alkanes) is 4. The fourth-order valence-electron chi connectivity index (χ4n) is 4.95. The molecule has 0 spiro atoms. The van der Waals surface area contributed by atoms with Crippen molar-refractivity contribution in [2.75, 3.05) is 0 Å². The summed E-state index contributed by atoms with van der Waals surface area (Å²) in [6.07, 6.45) is 22.2. The van der Waals surface area contributed by atoms with Crippen molar-refractivity contribution in [2.24, 2.45) is 11.8 Å². The van der Waals surface area contributed by atoms with Crippen LogP contribution < -0.4 is 0 Å². The molecule has 0 radical (unpaired) electrons. The van der Waals surface area contributed by atoms with Gasteiger partial charge in [-0.25, -0.2) is 9.97 Å². The minimum atomic E-state index is 0.864. The molecular formula is C28H41ClN2. The lowest BCUT2D eigenvalue weighted by molar-refractivity contribution is 0.248. The number of benzene rings is 1. The molecule has 2 nitrogen and oxygen atoms in total. The highest BCUT2D eigenvalue weighted by Crippen LogP contribution is 2.34. The average Bonchev–Trinajstić information content (AvgIpc) is 2.80. The third kappa shape index (κ3) is 7.90. The van der Waals surface area contributed by atoms with Crippen LogP contribution in [0.5, 0.6) is 0 Å². The first-order valence-electron chi connectivity index (χ1n) is 12.8. The van der Waals surface area contributed by atoms with E-state index in [2.05, 4.69) is 42.0 Å². The second kappa shape index (κ2) is 13.2. The molecule has 3 rings (SSSR count). The van der Waals surface area contributed by atoms with E-state index in [1.54, 1.807) is 0 Å². The van der Waals surface area contributed by atoms with Gasteiger partial charge < -0.3 is 0 Å². The molecule has 1 fully saturated rings. The van der Waals surface area contributed by atoms with E-state index >= 15 is 0 Å². The Morgan fingerprint density at radius 2 is 1.42 bits per heavy atom. The molecule has 0 amide bonds. The number of aromatic nitrogens is 2. The summed E-state index contributed by atoms with van der Waals surface area (Å²) in [4.78, 5) is 9.33. The second-order valence-corrected chi connectivity index (χ2v) is 9.98. The molecular weight excluding hydrogens is 400 g/mol. The van der Waals surface area contributed by atoms with Crippen LogP contribution in [0.3, 0.4) is 0 Å². The number of nitrogens with zero attached hydrogens (tertiary/aromatic N) is 2. The molecule has 1 aromatic carbocycles. The Morgan fingerprint density at radius 1 is 0.774 bits per heavy atom. The first-order valence-corrected chi connectivity index (χ1v) is 13.2. The number of aryl methyl sites for hydroxylation is 2. The topological polar surface area (TPSA) is 25.8 Å². The normalized spacial score (nSPS) is 18.9. The Morgan fingerprint density at radius 3 is 2.06 bits per heavy atom. The molecule has 2 aromatic rings. The molecule has 1 aromatic heterocycles. The van der Waals surface area contributed by atoms with Crippen LogP contribution in [0.4, 0.5) is 0 Å². The molecule has 0 aliphatic heterocycles. The van der Waals surface area contributed by atoms with Crippen molar-refractivity contribution in [2.45, 2.75) is 104 Å². The molecule has 0 bridgehead atoms. The Balaban J connectivity index is 1.45. The van der Waals surface area contributed by atoms with Gasteiger partial charge >= 0.3 is 0 Å². The molecule has 1 aliphatic carbocycles. The molecule has 1 aliphatic rings. The van der Waals surface area contributed by atoms with Gasteiger partial charge in [-0.1, -0.05) is 102 Å². The van der Waals surface area contributed by atoms with Gasteiger partial charge in [0.15, 0.2) is 0 Å². The van der Waals surface area contributed by atoms with Gasteiger partial charge in [0, 0.05) is 29.4 Å². The van der Waals surface area contributed by atoms with Crippen molar-refractivity contribution in [3.8, 4) is 11.1 Å². The van der Waals surface area contributed by atoms with Crippen molar-refractivity contribution in [3.63, 3.8) is 0 Å². The third-order valence-corrected chi connectivity index (χ3v) is 7.45. The third-order valence-electron chi connectivity index (χ3n) is 7.10. The lowest BCUT2D eigenvalue weighted by Crippen LogP contribution is -2.15. The van der Waals surface area contributed by atoms with E-state index in [0.29, 0.717) is 0 Å². The van der Waals surface area contributed by atoms with Crippen LogP contribution in [0, 0.1) is 11.8 Å². The number of hydrogen-bond donors (Lipinski definition) is 0. The average molecular weight is 441 g/mol. The van der Waals surface area contributed by atoms with Gasteiger partial charge in [0.05, 0.1) is 0 Å². The summed E-state index contributed by atoms with van der Waals surface area (Å²) in [6.45, 7) is 4.53. The zero-order chi connectivity index (χ0) is 21.9. The van der Waals surface area contributed by atoms with Gasteiger partial charge in [-0.05, 0) is 48.3 Å². The first kappa shape index (κ1) is 24.2. The maximum atomic E-state index is 6.53. The highest BCUT2D eigenvalue weighted by molar-refractivity contribution is 6.31. The predicted molar refractivity (Wildman–Crippen MR) is 134 cm³/mol. The van der Waals surface area contributed by atoms with E-state index in [1.165, 1.54) is 82.6 Å². The Bertz CT molecular complexity index is 763. The van der Waals surface area contributed by atoms with Crippen molar-refractivity contribution >= 4 is 11.6 Å². The van der Waals surface area contributed by atoms with Crippen LogP contribution in [-0.2, 0) is 12.8 Å². The highest BCUT2D eigenvalue weighted by Gasteiger charge is 2.21. The molecule has 0 unspecified atom stereocenters. The predicted octanol–water partition coefficient (Wildman–Crippen LogP) is 8.85. The molecule has 3 heteroatoms. The maximum absolute atomic E-state index is 6.53. The number of hydrogen-bond acceptors (Lipinski definition) is 2. The van der Waals surface area contributed by atoms with E-state index in [4.69, 9.17) is 11.6 Å². The highest BCUT2D eigenvalue weighted by atomic mass is 35.5. The van der Waals surface area contributed by atoms with Gasteiger partial charge in [-0.3, -0.25) is 0 Å². The van der Waals surface area contributed by atoms with E-state index in [1.807, 2.05) is 12.4 Å². The Kier molecular flexibility index (Phi) is 10.3. The summed E-state index contributed by atoms with van der Waals surface area (Å²) in [5.41, 5.74) is 3.41. The van der Waals surface area contributed by atoms with Crippen LogP contribution in [0.2, 0.25) is 5.02 Å². The summed E-state index contributed by atoms with van der Waals surface area (Å²) in [5, 5.41) is 0.864. The second-order valence-electron chi connectivity index (χ2n) is 9.57. The van der Waals surface area contributed by atoms with E-state index < -0.39 is 0 Å². The molecule has 1 saturated carbocycles. The van der Waals surface area contributed by atoms with Crippen molar-refractivity contribution in [1.29, 1.82) is 0 Å². The van der Waals surface area contributed by atoms with Crippen LogP contribution in [0.15, 0.2) is 30.6 Å². The maximum Gasteiger partial charge on any atom is 0.128 e. The minimum Gasteiger partial charge on any atom is -0.241 e. The van der Waals surface area contributed by atoms with E-state index in [9.17, 15) is 0 Å². The fourth-order valence-corrected chi connectivity index (χ4v) is 5.23. The van der Waals surface area contributed by atoms with Crippen LogP contribution in [0.25, 0.3) is 11.1 Å². The lowest BCUT2D eigenvalue weighted by atomic mass is 9.78. The Hall–Kier alpha value is -1.41. The molecule has 170 valence electrons. The van der Waals surface area contributed by atoms with Gasteiger partial charge in [-0.15, -0.1) is 0 Å². The van der Waals surface area contributed by atoms with E-state index in [-0.39, 0.29) is 0 Å². The van der Waals surface area contributed by atoms with Crippen LogP contribution in [0.1, 0.15) is 102 Å².